The quantitative estimate of drug-likeness (QED) is 0.574. The Morgan fingerprint density at radius 3 is 2.68 bits per heavy atom. The number of alkyl halides is 3. The van der Waals surface area contributed by atoms with Crippen LogP contribution in [0.2, 0.25) is 0 Å². The van der Waals surface area contributed by atoms with E-state index in [1.165, 1.54) is 0 Å². The van der Waals surface area contributed by atoms with Crippen LogP contribution >= 0.6 is 0 Å². The van der Waals surface area contributed by atoms with E-state index in [2.05, 4.69) is 24.9 Å². The summed E-state index contributed by atoms with van der Waals surface area (Å²) in [5, 5.41) is 0. The second-order valence-electron chi connectivity index (χ2n) is 6.51. The molecule has 142 valence electrons. The Morgan fingerprint density at radius 2 is 1.93 bits per heavy atom. The highest BCUT2D eigenvalue weighted by Gasteiger charge is 2.36. The molecule has 7 nitrogen and oxygen atoms in total. The number of nitrogens with one attached hydrogen (secondary N) is 1. The highest BCUT2D eigenvalue weighted by molar-refractivity contribution is 5.48. The van der Waals surface area contributed by atoms with Gasteiger partial charge in [-0.1, -0.05) is 6.07 Å². The molecule has 0 bridgehead atoms. The average molecular weight is 385 g/mol. The molecule has 0 aromatic carbocycles. The van der Waals surface area contributed by atoms with E-state index in [0.29, 0.717) is 13.0 Å². The van der Waals surface area contributed by atoms with Crippen molar-refractivity contribution < 1.29 is 13.2 Å². The van der Waals surface area contributed by atoms with Gasteiger partial charge in [-0.15, -0.1) is 0 Å². The molecule has 4 aromatic heterocycles. The van der Waals surface area contributed by atoms with Gasteiger partial charge in [0.2, 0.25) is 5.95 Å². The largest absolute Gasteiger partial charge is 0.419 e. The van der Waals surface area contributed by atoms with Crippen LogP contribution in [-0.4, -0.2) is 35.9 Å². The van der Waals surface area contributed by atoms with Crippen molar-refractivity contribution in [2.45, 2.75) is 18.6 Å². The summed E-state index contributed by atoms with van der Waals surface area (Å²) in [6.07, 6.45) is 3.19. The van der Waals surface area contributed by atoms with Crippen LogP contribution in [0.25, 0.3) is 5.65 Å². The molecule has 0 unspecified atom stereocenters. The van der Waals surface area contributed by atoms with Gasteiger partial charge < -0.3 is 14.3 Å². The normalized spacial score (nSPS) is 17.1. The Balaban J connectivity index is 1.60. The lowest BCUT2D eigenvalue weighted by atomic mass is 10.0. The molecule has 28 heavy (non-hydrogen) atoms. The predicted octanol–water partition coefficient (Wildman–Crippen LogP) is 3.02. The summed E-state index contributed by atoms with van der Waals surface area (Å²) in [6.45, 7) is 0.527. The number of hydrogen-bond donors (Lipinski definition) is 1. The molecular weight excluding hydrogens is 371 g/mol. The van der Waals surface area contributed by atoms with E-state index in [0.717, 1.165) is 35.1 Å². The first-order chi connectivity index (χ1) is 13.5. The summed E-state index contributed by atoms with van der Waals surface area (Å²) in [5.74, 6) is 0.212. The molecule has 5 heterocycles. The third-order valence-corrected chi connectivity index (χ3v) is 4.81. The van der Waals surface area contributed by atoms with Gasteiger partial charge in [-0.3, -0.25) is 0 Å². The predicted molar refractivity (Wildman–Crippen MR) is 93.7 cm³/mol. The van der Waals surface area contributed by atoms with Gasteiger partial charge in [0.15, 0.2) is 0 Å². The maximum Gasteiger partial charge on any atom is 0.419 e. The molecule has 0 spiro atoms. The summed E-state index contributed by atoms with van der Waals surface area (Å²) in [5.41, 5.74) is 2.37. The first-order valence-corrected chi connectivity index (χ1v) is 8.62. The zero-order chi connectivity index (χ0) is 19.3. The SMILES string of the molecule is FC(F)(F)c1cnc(N2CCc3[nH]cnc3[C@@H]2c2cn3ccccc3n2)nc1. The smallest absolute Gasteiger partial charge is 0.348 e. The summed E-state index contributed by atoms with van der Waals surface area (Å²) in [6, 6.07) is 5.28. The van der Waals surface area contributed by atoms with Crippen LogP contribution in [0.3, 0.4) is 0 Å². The first kappa shape index (κ1) is 16.7. The molecule has 4 aromatic rings. The fraction of sp³-hybridized carbons (Fsp3) is 0.222. The van der Waals surface area contributed by atoms with E-state index in [1.807, 2.05) is 39.9 Å². The number of H-pyrrole nitrogens is 1. The molecule has 1 aliphatic heterocycles. The van der Waals surface area contributed by atoms with E-state index < -0.39 is 17.8 Å². The Labute approximate surface area is 156 Å². The van der Waals surface area contributed by atoms with Crippen molar-refractivity contribution >= 4 is 11.6 Å². The third-order valence-electron chi connectivity index (χ3n) is 4.81. The Kier molecular flexibility index (Phi) is 3.61. The first-order valence-electron chi connectivity index (χ1n) is 8.62. The van der Waals surface area contributed by atoms with Crippen molar-refractivity contribution in [1.82, 2.24) is 29.3 Å². The Hall–Kier alpha value is -3.43. The fourth-order valence-corrected chi connectivity index (χ4v) is 3.49. The number of nitrogens with zero attached hydrogens (tertiary/aromatic N) is 6. The van der Waals surface area contributed by atoms with Crippen molar-refractivity contribution in [3.63, 3.8) is 0 Å². The van der Waals surface area contributed by atoms with Gasteiger partial charge >= 0.3 is 6.18 Å². The van der Waals surface area contributed by atoms with E-state index in [-0.39, 0.29) is 5.95 Å². The molecule has 1 atom stereocenters. The molecule has 1 aliphatic rings. The number of imidazole rings is 2. The summed E-state index contributed by atoms with van der Waals surface area (Å²) in [4.78, 5) is 22.0. The molecule has 1 N–H and O–H groups in total. The van der Waals surface area contributed by atoms with Gasteiger partial charge in [-0.2, -0.15) is 13.2 Å². The van der Waals surface area contributed by atoms with Gasteiger partial charge in [0.05, 0.1) is 23.3 Å². The van der Waals surface area contributed by atoms with Crippen LogP contribution in [0, 0.1) is 0 Å². The molecular formula is C18H14F3N7. The molecule has 0 amide bonds. The van der Waals surface area contributed by atoms with Gasteiger partial charge in [-0.25, -0.2) is 19.9 Å². The fourth-order valence-electron chi connectivity index (χ4n) is 3.49. The maximum atomic E-state index is 12.9. The van der Waals surface area contributed by atoms with Crippen LogP contribution in [0.15, 0.2) is 49.3 Å². The molecule has 0 aliphatic carbocycles. The molecule has 0 fully saturated rings. The van der Waals surface area contributed by atoms with Crippen molar-refractivity contribution in [2.75, 3.05) is 11.4 Å². The van der Waals surface area contributed by atoms with Gasteiger partial charge in [0.25, 0.3) is 0 Å². The van der Waals surface area contributed by atoms with Gasteiger partial charge in [0.1, 0.15) is 11.7 Å². The minimum Gasteiger partial charge on any atom is -0.348 e. The van der Waals surface area contributed by atoms with Crippen molar-refractivity contribution in [1.29, 1.82) is 0 Å². The molecule has 0 radical (unpaired) electrons. The highest BCUT2D eigenvalue weighted by Crippen LogP contribution is 2.36. The topological polar surface area (TPSA) is 75.0 Å². The summed E-state index contributed by atoms with van der Waals surface area (Å²) >= 11 is 0. The van der Waals surface area contributed by atoms with Crippen molar-refractivity contribution in [2.24, 2.45) is 0 Å². The third kappa shape index (κ3) is 2.68. The standard InChI is InChI=1S/C18H14F3N7/c19-18(20,21)11-7-22-17(23-8-11)28-6-4-12-15(25-10-24-12)16(28)13-9-27-5-2-1-3-14(27)26-13/h1-3,5,7-10,16H,4,6H2,(H,24,25)/t16-/m0/s1. The maximum absolute atomic E-state index is 12.9. The molecule has 0 saturated heterocycles. The lowest BCUT2D eigenvalue weighted by molar-refractivity contribution is -0.138. The van der Waals surface area contributed by atoms with E-state index in [1.54, 1.807) is 6.33 Å². The van der Waals surface area contributed by atoms with Gasteiger partial charge in [0, 0.05) is 43.4 Å². The number of fused-ring (bicyclic) bond motifs is 2. The lowest BCUT2D eigenvalue weighted by Gasteiger charge is -2.33. The number of aromatic nitrogens is 6. The lowest BCUT2D eigenvalue weighted by Crippen LogP contribution is -2.37. The monoisotopic (exact) mass is 385 g/mol. The molecule has 10 heteroatoms. The van der Waals surface area contributed by atoms with Crippen LogP contribution in [-0.2, 0) is 12.6 Å². The van der Waals surface area contributed by atoms with Crippen LogP contribution < -0.4 is 4.90 Å². The minimum absolute atomic E-state index is 0.212. The molecule has 5 rings (SSSR count). The number of rotatable bonds is 2. The molecule has 0 saturated carbocycles. The average Bonchev–Trinajstić information content (AvgIpc) is 3.33. The minimum atomic E-state index is -4.48. The number of halogens is 3. The highest BCUT2D eigenvalue weighted by atomic mass is 19.4. The summed E-state index contributed by atoms with van der Waals surface area (Å²) < 4.78 is 40.5. The van der Waals surface area contributed by atoms with Gasteiger partial charge in [-0.05, 0) is 12.1 Å². The zero-order valence-electron chi connectivity index (χ0n) is 14.4. The van der Waals surface area contributed by atoms with E-state index in [9.17, 15) is 13.2 Å². The zero-order valence-corrected chi connectivity index (χ0v) is 14.4. The van der Waals surface area contributed by atoms with Crippen molar-refractivity contribution in [3.8, 4) is 0 Å². The second-order valence-corrected chi connectivity index (χ2v) is 6.51. The Morgan fingerprint density at radius 1 is 1.11 bits per heavy atom. The van der Waals surface area contributed by atoms with E-state index in [4.69, 9.17) is 0 Å². The summed E-state index contributed by atoms with van der Waals surface area (Å²) in [7, 11) is 0. The van der Waals surface area contributed by atoms with Crippen LogP contribution in [0.1, 0.15) is 28.7 Å². The van der Waals surface area contributed by atoms with Crippen LogP contribution in [0.5, 0.6) is 0 Å². The van der Waals surface area contributed by atoms with Crippen molar-refractivity contribution in [3.05, 3.63) is 72.0 Å². The number of pyridine rings is 1. The number of anilines is 1. The number of aromatic amines is 1. The van der Waals surface area contributed by atoms with E-state index >= 15 is 0 Å². The van der Waals surface area contributed by atoms with Crippen LogP contribution in [0.4, 0.5) is 19.1 Å². The second kappa shape index (κ2) is 6.04. The number of hydrogen-bond acceptors (Lipinski definition) is 5. The Bertz CT molecular complexity index is 1100.